The third-order valence-electron chi connectivity index (χ3n) is 6.18. The molecule has 3 aliphatic rings. The predicted octanol–water partition coefficient (Wildman–Crippen LogP) is 3.14. The highest BCUT2D eigenvalue weighted by Crippen LogP contribution is 2.43. The average molecular weight is 326 g/mol. The van der Waals surface area contributed by atoms with Gasteiger partial charge in [0.05, 0.1) is 0 Å². The van der Waals surface area contributed by atoms with E-state index in [1.165, 1.54) is 12.8 Å². The van der Waals surface area contributed by atoms with Crippen molar-refractivity contribution in [3.05, 3.63) is 29.8 Å². The van der Waals surface area contributed by atoms with E-state index in [0.29, 0.717) is 12.3 Å². The number of aryl methyl sites for hydroxylation is 1. The van der Waals surface area contributed by atoms with Gasteiger partial charge in [0.2, 0.25) is 11.8 Å². The minimum Gasteiger partial charge on any atom is -0.342 e. The molecule has 0 bridgehead atoms. The van der Waals surface area contributed by atoms with Crippen molar-refractivity contribution in [2.45, 2.75) is 45.4 Å². The normalized spacial score (nSPS) is 27.6. The first-order chi connectivity index (χ1) is 11.6. The Labute approximate surface area is 143 Å². The summed E-state index contributed by atoms with van der Waals surface area (Å²) in [7, 11) is 0. The van der Waals surface area contributed by atoms with Crippen LogP contribution in [0.4, 0.5) is 5.69 Å². The minimum absolute atomic E-state index is 0.0341. The highest BCUT2D eigenvalue weighted by Gasteiger charge is 2.49. The maximum absolute atomic E-state index is 12.7. The van der Waals surface area contributed by atoms with Crippen LogP contribution in [0.3, 0.4) is 0 Å². The second kappa shape index (κ2) is 5.91. The standard InChI is InChI=1S/C20H26N2O2/c1-15-6-2-5-9-17(15)22-14-20(12-18(22)23)10-11-21(13-20)19(24)16-7-3-4-8-16/h2,5-6,9,16H,3-4,7-8,10-14H2,1H3/t20-/m1/s1. The average Bonchev–Trinajstić information content (AvgIpc) is 3.29. The lowest BCUT2D eigenvalue weighted by atomic mass is 9.86. The second-order valence-electron chi connectivity index (χ2n) is 7.93. The quantitative estimate of drug-likeness (QED) is 0.838. The van der Waals surface area contributed by atoms with E-state index in [4.69, 9.17) is 0 Å². The summed E-state index contributed by atoms with van der Waals surface area (Å²) in [4.78, 5) is 29.3. The molecule has 4 rings (SSSR count). The molecule has 3 fully saturated rings. The predicted molar refractivity (Wildman–Crippen MR) is 93.7 cm³/mol. The van der Waals surface area contributed by atoms with Crippen LogP contribution >= 0.6 is 0 Å². The number of likely N-dealkylation sites (tertiary alicyclic amines) is 1. The zero-order chi connectivity index (χ0) is 16.7. The number of carbonyl (C=O) groups is 2. The molecule has 1 aromatic carbocycles. The van der Waals surface area contributed by atoms with E-state index in [1.54, 1.807) is 0 Å². The number of para-hydroxylation sites is 1. The number of hydrogen-bond donors (Lipinski definition) is 0. The Morgan fingerprint density at radius 3 is 2.67 bits per heavy atom. The fraction of sp³-hybridized carbons (Fsp3) is 0.600. The van der Waals surface area contributed by atoms with E-state index in [-0.39, 0.29) is 17.2 Å². The Morgan fingerprint density at radius 2 is 1.92 bits per heavy atom. The molecule has 0 unspecified atom stereocenters. The molecule has 2 saturated heterocycles. The summed E-state index contributed by atoms with van der Waals surface area (Å²) in [6.45, 7) is 4.39. The molecule has 128 valence electrons. The number of nitrogens with zero attached hydrogens (tertiary/aromatic N) is 2. The van der Waals surface area contributed by atoms with Crippen LogP contribution in [0.5, 0.6) is 0 Å². The molecule has 0 radical (unpaired) electrons. The fourth-order valence-corrected chi connectivity index (χ4v) is 4.81. The van der Waals surface area contributed by atoms with Crippen molar-refractivity contribution < 1.29 is 9.59 Å². The summed E-state index contributed by atoms with van der Waals surface area (Å²) < 4.78 is 0. The first kappa shape index (κ1) is 15.7. The van der Waals surface area contributed by atoms with Gasteiger partial charge < -0.3 is 9.80 Å². The Morgan fingerprint density at radius 1 is 1.17 bits per heavy atom. The summed E-state index contributed by atoms with van der Waals surface area (Å²) in [6, 6.07) is 8.08. The monoisotopic (exact) mass is 326 g/mol. The molecular weight excluding hydrogens is 300 g/mol. The molecule has 1 aliphatic carbocycles. The smallest absolute Gasteiger partial charge is 0.227 e. The summed E-state index contributed by atoms with van der Waals surface area (Å²) in [5.74, 6) is 0.787. The molecule has 1 saturated carbocycles. The number of benzene rings is 1. The number of rotatable bonds is 2. The Kier molecular flexibility index (Phi) is 3.86. The molecular formula is C20H26N2O2. The molecule has 0 aromatic heterocycles. The van der Waals surface area contributed by atoms with Crippen LogP contribution in [0.1, 0.15) is 44.1 Å². The molecule has 4 heteroatoms. The Balaban J connectivity index is 1.48. The zero-order valence-electron chi connectivity index (χ0n) is 14.5. The van der Waals surface area contributed by atoms with Crippen molar-refractivity contribution in [1.82, 2.24) is 4.90 Å². The van der Waals surface area contributed by atoms with Crippen molar-refractivity contribution in [3.8, 4) is 0 Å². The first-order valence-electron chi connectivity index (χ1n) is 9.23. The van der Waals surface area contributed by atoms with E-state index in [2.05, 4.69) is 13.0 Å². The first-order valence-corrected chi connectivity index (χ1v) is 9.23. The lowest BCUT2D eigenvalue weighted by Gasteiger charge is -2.26. The molecule has 1 atom stereocenters. The van der Waals surface area contributed by atoms with Crippen molar-refractivity contribution >= 4 is 17.5 Å². The van der Waals surface area contributed by atoms with Gasteiger partial charge in [0.1, 0.15) is 0 Å². The van der Waals surface area contributed by atoms with Gasteiger partial charge in [-0.2, -0.15) is 0 Å². The van der Waals surface area contributed by atoms with Crippen molar-refractivity contribution in [1.29, 1.82) is 0 Å². The van der Waals surface area contributed by atoms with Crippen LogP contribution in [-0.4, -0.2) is 36.3 Å². The number of amides is 2. The van der Waals surface area contributed by atoms with Crippen LogP contribution in [0.15, 0.2) is 24.3 Å². The van der Waals surface area contributed by atoms with E-state index in [9.17, 15) is 9.59 Å². The van der Waals surface area contributed by atoms with Crippen LogP contribution in [-0.2, 0) is 9.59 Å². The lowest BCUT2D eigenvalue weighted by molar-refractivity contribution is -0.134. The Bertz CT molecular complexity index is 665. The van der Waals surface area contributed by atoms with Gasteiger partial charge in [0.25, 0.3) is 0 Å². The van der Waals surface area contributed by atoms with Gasteiger partial charge in [-0.1, -0.05) is 31.0 Å². The second-order valence-corrected chi connectivity index (χ2v) is 7.93. The molecule has 0 N–H and O–H groups in total. The van der Waals surface area contributed by atoms with Gasteiger partial charge in [-0.15, -0.1) is 0 Å². The molecule has 2 amide bonds. The van der Waals surface area contributed by atoms with Gasteiger partial charge in [0, 0.05) is 43.1 Å². The van der Waals surface area contributed by atoms with Crippen LogP contribution in [0, 0.1) is 18.3 Å². The maximum Gasteiger partial charge on any atom is 0.227 e. The third-order valence-corrected chi connectivity index (χ3v) is 6.18. The van der Waals surface area contributed by atoms with Crippen LogP contribution < -0.4 is 4.90 Å². The third kappa shape index (κ3) is 2.62. The number of anilines is 1. The SMILES string of the molecule is Cc1ccccc1N1C[C@]2(CCN(C(=O)C3CCCC3)C2)CC1=O. The topological polar surface area (TPSA) is 40.6 Å². The van der Waals surface area contributed by atoms with Crippen LogP contribution in [0.25, 0.3) is 0 Å². The molecule has 2 heterocycles. The fourth-order valence-electron chi connectivity index (χ4n) is 4.81. The van der Waals surface area contributed by atoms with Gasteiger partial charge in [-0.05, 0) is 37.8 Å². The zero-order valence-corrected chi connectivity index (χ0v) is 14.5. The highest BCUT2D eigenvalue weighted by atomic mass is 16.2. The molecule has 1 spiro atoms. The van der Waals surface area contributed by atoms with Crippen molar-refractivity contribution in [2.75, 3.05) is 24.5 Å². The number of hydrogen-bond acceptors (Lipinski definition) is 2. The summed E-state index contributed by atoms with van der Waals surface area (Å²) in [6.07, 6.45) is 6.02. The lowest BCUT2D eigenvalue weighted by Crippen LogP contribution is -2.36. The van der Waals surface area contributed by atoms with E-state index >= 15 is 0 Å². The van der Waals surface area contributed by atoms with E-state index < -0.39 is 0 Å². The molecule has 4 nitrogen and oxygen atoms in total. The van der Waals surface area contributed by atoms with E-state index in [1.807, 2.05) is 28.0 Å². The Hall–Kier alpha value is -1.84. The van der Waals surface area contributed by atoms with Crippen molar-refractivity contribution in [3.63, 3.8) is 0 Å². The summed E-state index contributed by atoms with van der Waals surface area (Å²) >= 11 is 0. The van der Waals surface area contributed by atoms with Gasteiger partial charge >= 0.3 is 0 Å². The maximum atomic E-state index is 12.7. The summed E-state index contributed by atoms with van der Waals surface area (Å²) in [5, 5.41) is 0. The summed E-state index contributed by atoms with van der Waals surface area (Å²) in [5.41, 5.74) is 2.13. The van der Waals surface area contributed by atoms with Crippen LogP contribution in [0.2, 0.25) is 0 Å². The highest BCUT2D eigenvalue weighted by molar-refractivity contribution is 5.97. The molecule has 1 aromatic rings. The van der Waals surface area contributed by atoms with Crippen molar-refractivity contribution in [2.24, 2.45) is 11.3 Å². The largest absolute Gasteiger partial charge is 0.342 e. The molecule has 2 aliphatic heterocycles. The van der Waals surface area contributed by atoms with Gasteiger partial charge in [0.15, 0.2) is 0 Å². The van der Waals surface area contributed by atoms with Gasteiger partial charge in [-0.25, -0.2) is 0 Å². The van der Waals surface area contributed by atoms with Gasteiger partial charge in [-0.3, -0.25) is 9.59 Å². The van der Waals surface area contributed by atoms with E-state index in [0.717, 1.165) is 50.1 Å². The minimum atomic E-state index is -0.0341. The molecule has 24 heavy (non-hydrogen) atoms. The number of carbonyl (C=O) groups excluding carboxylic acids is 2.